The molecular formula is C15H24N2. The van der Waals surface area contributed by atoms with E-state index in [-0.39, 0.29) is 0 Å². The Kier molecular flexibility index (Phi) is 4.19. The quantitative estimate of drug-likeness (QED) is 0.672. The molecule has 3 rings (SSSR count). The van der Waals surface area contributed by atoms with E-state index in [1.807, 2.05) is 12.2 Å². The van der Waals surface area contributed by atoms with Gasteiger partial charge in [-0.15, -0.1) is 0 Å². The summed E-state index contributed by atoms with van der Waals surface area (Å²) in [5, 5.41) is 0. The van der Waals surface area contributed by atoms with Crippen LogP contribution in [0.5, 0.6) is 0 Å². The van der Waals surface area contributed by atoms with Crippen molar-refractivity contribution in [1.82, 2.24) is 9.80 Å². The molecule has 3 saturated heterocycles. The summed E-state index contributed by atoms with van der Waals surface area (Å²) in [6.45, 7) is 11.4. The monoisotopic (exact) mass is 232 g/mol. The fourth-order valence-electron chi connectivity index (χ4n) is 2.97. The Balaban J connectivity index is 1.79. The molecule has 0 saturated carbocycles. The van der Waals surface area contributed by atoms with E-state index >= 15 is 0 Å². The van der Waals surface area contributed by atoms with Crippen molar-refractivity contribution < 1.29 is 0 Å². The fourth-order valence-corrected chi connectivity index (χ4v) is 2.97. The van der Waals surface area contributed by atoms with E-state index < -0.39 is 0 Å². The third-order valence-corrected chi connectivity index (χ3v) is 4.10. The van der Waals surface area contributed by atoms with Crippen molar-refractivity contribution >= 4 is 0 Å². The lowest BCUT2D eigenvalue weighted by atomic mass is 9.91. The van der Waals surface area contributed by atoms with Crippen molar-refractivity contribution in [2.75, 3.05) is 26.7 Å². The van der Waals surface area contributed by atoms with Crippen LogP contribution in [0.1, 0.15) is 19.3 Å². The number of rotatable bonds is 5. The van der Waals surface area contributed by atoms with Gasteiger partial charge < -0.3 is 4.90 Å². The number of nitrogens with zero attached hydrogens (tertiary/aromatic N) is 2. The summed E-state index contributed by atoms with van der Waals surface area (Å²) in [5.41, 5.74) is 1.21. The molecular weight excluding hydrogens is 208 g/mol. The van der Waals surface area contributed by atoms with Crippen LogP contribution in [-0.2, 0) is 0 Å². The molecule has 0 radical (unpaired) electrons. The number of fused-ring (bicyclic) bond motifs is 3. The van der Waals surface area contributed by atoms with Crippen LogP contribution >= 0.6 is 0 Å². The fraction of sp³-hybridized carbons (Fsp3) is 0.600. The third kappa shape index (κ3) is 3.08. The summed E-state index contributed by atoms with van der Waals surface area (Å²) in [6.07, 6.45) is 9.69. The highest BCUT2D eigenvalue weighted by atomic mass is 15.3. The third-order valence-electron chi connectivity index (χ3n) is 4.10. The molecule has 3 fully saturated rings. The molecule has 94 valence electrons. The number of likely N-dealkylation sites (N-methyl/N-ethyl adjacent to an activating group) is 1. The van der Waals surface area contributed by atoms with Crippen molar-refractivity contribution in [1.29, 1.82) is 0 Å². The van der Waals surface area contributed by atoms with Gasteiger partial charge in [-0.3, -0.25) is 4.90 Å². The molecule has 0 spiro atoms. The lowest BCUT2D eigenvalue weighted by Gasteiger charge is -2.50. The van der Waals surface area contributed by atoms with Gasteiger partial charge in [-0.05, 0) is 26.3 Å². The zero-order valence-electron chi connectivity index (χ0n) is 10.9. The first-order valence-electron chi connectivity index (χ1n) is 6.62. The Morgan fingerprint density at radius 1 is 1.29 bits per heavy atom. The predicted octanol–water partition coefficient (Wildman–Crippen LogP) is 2.45. The normalized spacial score (nSPS) is 29.9. The maximum absolute atomic E-state index is 4.08. The lowest BCUT2D eigenvalue weighted by molar-refractivity contribution is -0.00534. The smallest absolute Gasteiger partial charge is 0.0224 e. The molecule has 0 N–H and O–H groups in total. The van der Waals surface area contributed by atoms with Crippen LogP contribution < -0.4 is 0 Å². The summed E-state index contributed by atoms with van der Waals surface area (Å²) in [5.74, 6) is 0. The molecule has 0 aromatic heterocycles. The van der Waals surface area contributed by atoms with Gasteiger partial charge in [0, 0.05) is 31.7 Å². The van der Waals surface area contributed by atoms with Gasteiger partial charge in [0.05, 0.1) is 0 Å². The van der Waals surface area contributed by atoms with Crippen molar-refractivity contribution in [3.63, 3.8) is 0 Å². The second-order valence-corrected chi connectivity index (χ2v) is 5.32. The van der Waals surface area contributed by atoms with Gasteiger partial charge in [-0.25, -0.2) is 0 Å². The molecule has 17 heavy (non-hydrogen) atoms. The molecule has 2 unspecified atom stereocenters. The van der Waals surface area contributed by atoms with Gasteiger partial charge >= 0.3 is 0 Å². The molecule has 0 amide bonds. The Morgan fingerprint density at radius 2 is 2.06 bits per heavy atom. The highest BCUT2D eigenvalue weighted by Crippen LogP contribution is 2.27. The second-order valence-electron chi connectivity index (χ2n) is 5.32. The summed E-state index contributed by atoms with van der Waals surface area (Å²) in [4.78, 5) is 5.18. The Hall–Kier alpha value is -0.860. The Labute approximate surface area is 105 Å². The second kappa shape index (κ2) is 5.65. The van der Waals surface area contributed by atoms with Gasteiger partial charge in [0.15, 0.2) is 0 Å². The SMILES string of the molecule is C=CC=CC(=C)CCN1CC2CCC1CN2C. The topological polar surface area (TPSA) is 6.48 Å². The van der Waals surface area contributed by atoms with Gasteiger partial charge in [0.1, 0.15) is 0 Å². The van der Waals surface area contributed by atoms with Crippen molar-refractivity contribution in [3.05, 3.63) is 37.0 Å². The van der Waals surface area contributed by atoms with Gasteiger partial charge in [-0.1, -0.05) is 37.0 Å². The number of hydrogen-bond donors (Lipinski definition) is 0. The molecule has 3 aliphatic heterocycles. The standard InChI is InChI=1S/C15H24N2/c1-4-5-6-13(2)9-10-17-12-14-7-8-15(17)11-16(14)3/h4-6,14-15H,1-2,7-12H2,3H3. The first-order valence-corrected chi connectivity index (χ1v) is 6.62. The van der Waals surface area contributed by atoms with Crippen molar-refractivity contribution in [3.8, 4) is 0 Å². The average molecular weight is 232 g/mol. The van der Waals surface area contributed by atoms with Gasteiger partial charge in [0.2, 0.25) is 0 Å². The van der Waals surface area contributed by atoms with Crippen LogP contribution in [0.25, 0.3) is 0 Å². The Bertz CT molecular complexity index is 319. The highest BCUT2D eigenvalue weighted by Gasteiger charge is 2.36. The number of piperazine rings is 1. The van der Waals surface area contributed by atoms with E-state index in [0.717, 1.165) is 25.0 Å². The largest absolute Gasteiger partial charge is 0.301 e. The first kappa shape index (κ1) is 12.6. The first-order chi connectivity index (χ1) is 8.20. The van der Waals surface area contributed by atoms with Crippen LogP contribution in [0.4, 0.5) is 0 Å². The van der Waals surface area contributed by atoms with Crippen LogP contribution in [-0.4, -0.2) is 48.6 Å². The molecule has 3 heterocycles. The predicted molar refractivity (Wildman–Crippen MR) is 74.1 cm³/mol. The minimum absolute atomic E-state index is 0.779. The summed E-state index contributed by atoms with van der Waals surface area (Å²) < 4.78 is 0. The van der Waals surface area contributed by atoms with Crippen LogP contribution in [0.2, 0.25) is 0 Å². The zero-order valence-corrected chi connectivity index (χ0v) is 10.9. The van der Waals surface area contributed by atoms with Gasteiger partial charge in [0.25, 0.3) is 0 Å². The van der Waals surface area contributed by atoms with Crippen LogP contribution in [0, 0.1) is 0 Å². The summed E-state index contributed by atoms with van der Waals surface area (Å²) in [6, 6.07) is 1.57. The molecule has 3 aliphatic rings. The maximum Gasteiger partial charge on any atom is 0.0224 e. The molecule has 0 aliphatic carbocycles. The van der Waals surface area contributed by atoms with Crippen molar-refractivity contribution in [2.45, 2.75) is 31.3 Å². The molecule has 0 aromatic carbocycles. The van der Waals surface area contributed by atoms with E-state index in [4.69, 9.17) is 0 Å². The minimum Gasteiger partial charge on any atom is -0.301 e. The number of allylic oxidation sites excluding steroid dienone is 3. The molecule has 2 heteroatoms. The van der Waals surface area contributed by atoms with E-state index in [1.54, 1.807) is 0 Å². The average Bonchev–Trinajstić information content (AvgIpc) is 2.35. The molecule has 2 nitrogen and oxygen atoms in total. The lowest BCUT2D eigenvalue weighted by Crippen LogP contribution is -2.61. The Morgan fingerprint density at radius 3 is 2.65 bits per heavy atom. The van der Waals surface area contributed by atoms with Crippen LogP contribution in [0.3, 0.4) is 0 Å². The molecule has 0 aromatic rings. The van der Waals surface area contributed by atoms with E-state index in [2.05, 4.69) is 36.1 Å². The number of piperidine rings is 2. The zero-order chi connectivity index (χ0) is 12.3. The van der Waals surface area contributed by atoms with E-state index in [0.29, 0.717) is 0 Å². The summed E-state index contributed by atoms with van der Waals surface area (Å²) in [7, 11) is 2.26. The van der Waals surface area contributed by atoms with E-state index in [1.165, 1.54) is 31.5 Å². The molecule has 2 atom stereocenters. The maximum atomic E-state index is 4.08. The minimum atomic E-state index is 0.779. The number of hydrogen-bond acceptors (Lipinski definition) is 2. The van der Waals surface area contributed by atoms with E-state index in [9.17, 15) is 0 Å². The summed E-state index contributed by atoms with van der Waals surface area (Å²) >= 11 is 0. The van der Waals surface area contributed by atoms with Crippen LogP contribution in [0.15, 0.2) is 37.0 Å². The highest BCUT2D eigenvalue weighted by molar-refractivity contribution is 5.18. The van der Waals surface area contributed by atoms with Crippen molar-refractivity contribution in [2.24, 2.45) is 0 Å². The molecule has 2 bridgehead atoms. The van der Waals surface area contributed by atoms with Gasteiger partial charge in [-0.2, -0.15) is 0 Å².